The molecule has 1 fully saturated rings. The van der Waals surface area contributed by atoms with Crippen molar-refractivity contribution in [2.24, 2.45) is 0 Å². The second-order valence-corrected chi connectivity index (χ2v) is 8.36. The number of carbonyl (C=O) groups excluding carboxylic acids is 1. The first kappa shape index (κ1) is 20.4. The average molecular weight is 414 g/mol. The predicted octanol–water partition coefficient (Wildman–Crippen LogP) is 4.98. The zero-order chi connectivity index (χ0) is 20.1. The van der Waals surface area contributed by atoms with Gasteiger partial charge < -0.3 is 9.47 Å². The van der Waals surface area contributed by atoms with E-state index in [9.17, 15) is 4.79 Å². The maximum absolute atomic E-state index is 12.1. The van der Waals surface area contributed by atoms with Gasteiger partial charge in [0, 0.05) is 13.5 Å². The van der Waals surface area contributed by atoms with Gasteiger partial charge in [0.15, 0.2) is 0 Å². The van der Waals surface area contributed by atoms with Crippen molar-refractivity contribution in [3.63, 3.8) is 0 Å². The molecule has 0 radical (unpaired) electrons. The minimum atomic E-state index is -0.0649. The minimum absolute atomic E-state index is 0.0649. The van der Waals surface area contributed by atoms with E-state index in [2.05, 4.69) is 19.9 Å². The quantitative estimate of drug-likeness (QED) is 0.364. The number of aryl methyl sites for hydroxylation is 2. The summed E-state index contributed by atoms with van der Waals surface area (Å²) in [7, 11) is 1.69. The zero-order valence-corrected chi connectivity index (χ0v) is 17.9. The van der Waals surface area contributed by atoms with E-state index in [0.29, 0.717) is 22.4 Å². The van der Waals surface area contributed by atoms with Crippen LogP contribution in [-0.4, -0.2) is 35.4 Å². The molecule has 1 heterocycles. The lowest BCUT2D eigenvalue weighted by molar-refractivity contribution is -0.121. The lowest BCUT2D eigenvalue weighted by Crippen LogP contribution is -2.22. The monoisotopic (exact) mass is 413 g/mol. The largest absolute Gasteiger partial charge is 0.493 e. The molecule has 0 N–H and O–H groups in total. The minimum Gasteiger partial charge on any atom is -0.493 e. The fourth-order valence-corrected chi connectivity index (χ4v) is 4.03. The molecule has 0 unspecified atom stereocenters. The molecule has 2 aromatic rings. The zero-order valence-electron chi connectivity index (χ0n) is 16.2. The van der Waals surface area contributed by atoms with Crippen molar-refractivity contribution < 1.29 is 14.3 Å². The lowest BCUT2D eigenvalue weighted by atomic mass is 10.1. The van der Waals surface area contributed by atoms with Gasteiger partial charge in [-0.3, -0.25) is 9.69 Å². The number of carbonyl (C=O) groups is 1. The second kappa shape index (κ2) is 9.26. The Labute approximate surface area is 175 Å². The molecule has 3 rings (SSSR count). The second-order valence-electron chi connectivity index (χ2n) is 6.69. The van der Waals surface area contributed by atoms with E-state index < -0.39 is 0 Å². The van der Waals surface area contributed by atoms with Crippen molar-refractivity contribution in [1.82, 2.24) is 4.90 Å². The highest BCUT2D eigenvalue weighted by Gasteiger charge is 2.28. The molecule has 0 aromatic heterocycles. The van der Waals surface area contributed by atoms with Crippen molar-refractivity contribution in [2.75, 3.05) is 20.3 Å². The molecule has 146 valence electrons. The molecule has 28 heavy (non-hydrogen) atoms. The van der Waals surface area contributed by atoms with Crippen LogP contribution < -0.4 is 9.47 Å². The van der Waals surface area contributed by atoms with Crippen LogP contribution in [-0.2, 0) is 4.79 Å². The third-order valence-corrected chi connectivity index (χ3v) is 5.65. The molecule has 0 bridgehead atoms. The molecule has 1 aliphatic rings. The molecular weight excluding hydrogens is 390 g/mol. The number of likely N-dealkylation sites (N-methyl/N-ethyl adjacent to an activating group) is 1. The topological polar surface area (TPSA) is 38.8 Å². The van der Waals surface area contributed by atoms with Crippen molar-refractivity contribution >= 4 is 40.3 Å². The van der Waals surface area contributed by atoms with Crippen molar-refractivity contribution in [1.29, 1.82) is 0 Å². The number of hydrogen-bond donors (Lipinski definition) is 0. The molecule has 1 saturated heterocycles. The Bertz CT molecular complexity index is 903. The fraction of sp³-hybridized carbons (Fsp3) is 0.273. The Balaban J connectivity index is 1.50. The summed E-state index contributed by atoms with van der Waals surface area (Å²) in [6, 6.07) is 13.9. The first-order valence-electron chi connectivity index (χ1n) is 9.08. The van der Waals surface area contributed by atoms with Crippen LogP contribution in [0.3, 0.4) is 0 Å². The Morgan fingerprint density at radius 3 is 2.36 bits per heavy atom. The van der Waals surface area contributed by atoms with E-state index in [-0.39, 0.29) is 5.91 Å². The number of rotatable bonds is 7. The molecule has 6 heteroatoms. The van der Waals surface area contributed by atoms with Crippen LogP contribution in [0.2, 0.25) is 0 Å². The van der Waals surface area contributed by atoms with E-state index in [0.717, 1.165) is 23.5 Å². The van der Waals surface area contributed by atoms with Gasteiger partial charge in [-0.1, -0.05) is 42.2 Å². The molecular formula is C22H23NO3S2. The molecule has 0 aliphatic carbocycles. The molecule has 0 spiro atoms. The SMILES string of the molecule is Cc1cc(C)cc(OCCCOc2cccc(C=C3SC(=S)N(C)C3=O)c2)c1. The van der Waals surface area contributed by atoms with Gasteiger partial charge in [0.25, 0.3) is 5.91 Å². The van der Waals surface area contributed by atoms with E-state index in [1.807, 2.05) is 42.5 Å². The molecule has 2 aromatic carbocycles. The summed E-state index contributed by atoms with van der Waals surface area (Å²) in [5.41, 5.74) is 3.31. The maximum Gasteiger partial charge on any atom is 0.265 e. The number of nitrogens with zero attached hydrogens (tertiary/aromatic N) is 1. The fourth-order valence-electron chi connectivity index (χ4n) is 2.85. The molecule has 1 amide bonds. The standard InChI is InChI=1S/C22H23NO3S2/c1-15-10-16(2)12-19(11-15)26-9-5-8-25-18-7-4-6-17(13-18)14-20-21(24)23(3)22(27)28-20/h4,6-7,10-14H,5,8-9H2,1-3H3. The number of amides is 1. The number of benzene rings is 2. The normalized spacial score (nSPS) is 15.4. The van der Waals surface area contributed by atoms with Crippen LogP contribution in [0.15, 0.2) is 47.4 Å². The van der Waals surface area contributed by atoms with Gasteiger partial charge in [0.2, 0.25) is 0 Å². The number of thioether (sulfide) groups is 1. The van der Waals surface area contributed by atoms with Gasteiger partial charge in [-0.2, -0.15) is 0 Å². The van der Waals surface area contributed by atoms with Crippen LogP contribution in [0, 0.1) is 13.8 Å². The number of hydrogen-bond acceptors (Lipinski definition) is 5. The van der Waals surface area contributed by atoms with Crippen molar-refractivity contribution in [3.05, 3.63) is 64.1 Å². The summed E-state index contributed by atoms with van der Waals surface area (Å²) in [5.74, 6) is 1.60. The van der Waals surface area contributed by atoms with Crippen LogP contribution in [0.25, 0.3) is 6.08 Å². The highest BCUT2D eigenvalue weighted by molar-refractivity contribution is 8.26. The predicted molar refractivity (Wildman–Crippen MR) is 119 cm³/mol. The highest BCUT2D eigenvalue weighted by Crippen LogP contribution is 2.31. The first-order valence-corrected chi connectivity index (χ1v) is 10.3. The van der Waals surface area contributed by atoms with E-state index in [4.69, 9.17) is 21.7 Å². The first-order chi connectivity index (χ1) is 13.4. The Morgan fingerprint density at radius 2 is 1.71 bits per heavy atom. The third-order valence-electron chi connectivity index (χ3n) is 4.16. The summed E-state index contributed by atoms with van der Waals surface area (Å²) in [4.78, 5) is 14.2. The van der Waals surface area contributed by atoms with E-state index in [1.165, 1.54) is 27.8 Å². The molecule has 4 nitrogen and oxygen atoms in total. The van der Waals surface area contributed by atoms with E-state index in [1.54, 1.807) is 7.05 Å². The van der Waals surface area contributed by atoms with Crippen molar-refractivity contribution in [3.8, 4) is 11.5 Å². The van der Waals surface area contributed by atoms with Gasteiger partial charge in [-0.15, -0.1) is 0 Å². The van der Waals surface area contributed by atoms with E-state index >= 15 is 0 Å². The summed E-state index contributed by atoms with van der Waals surface area (Å²) in [5, 5.41) is 0. The number of thiocarbonyl (C=S) groups is 1. The van der Waals surface area contributed by atoms with Gasteiger partial charge in [0.1, 0.15) is 15.8 Å². The Kier molecular flexibility index (Phi) is 6.75. The summed E-state index contributed by atoms with van der Waals surface area (Å²) >= 11 is 6.48. The lowest BCUT2D eigenvalue weighted by Gasteiger charge is -2.10. The highest BCUT2D eigenvalue weighted by atomic mass is 32.2. The van der Waals surface area contributed by atoms with Crippen LogP contribution in [0.1, 0.15) is 23.1 Å². The maximum atomic E-state index is 12.1. The Morgan fingerprint density at radius 1 is 1.04 bits per heavy atom. The molecule has 0 saturated carbocycles. The van der Waals surface area contributed by atoms with Crippen LogP contribution >= 0.6 is 24.0 Å². The summed E-state index contributed by atoms with van der Waals surface area (Å²) < 4.78 is 12.2. The third kappa shape index (κ3) is 5.36. The van der Waals surface area contributed by atoms with Crippen LogP contribution in [0.4, 0.5) is 0 Å². The van der Waals surface area contributed by atoms with Crippen LogP contribution in [0.5, 0.6) is 11.5 Å². The van der Waals surface area contributed by atoms with Crippen molar-refractivity contribution in [2.45, 2.75) is 20.3 Å². The summed E-state index contributed by atoms with van der Waals surface area (Å²) in [6.45, 7) is 5.29. The van der Waals surface area contributed by atoms with Gasteiger partial charge in [0.05, 0.1) is 18.1 Å². The Hall–Kier alpha value is -2.31. The van der Waals surface area contributed by atoms with Gasteiger partial charge in [-0.05, 0) is 60.9 Å². The molecule has 1 aliphatic heterocycles. The summed E-state index contributed by atoms with van der Waals surface area (Å²) in [6.07, 6.45) is 2.63. The van der Waals surface area contributed by atoms with Gasteiger partial charge in [-0.25, -0.2) is 0 Å². The number of ether oxygens (including phenoxy) is 2. The van der Waals surface area contributed by atoms with Gasteiger partial charge >= 0.3 is 0 Å². The molecule has 0 atom stereocenters. The smallest absolute Gasteiger partial charge is 0.265 e. The average Bonchev–Trinajstić information content (AvgIpc) is 2.88.